The van der Waals surface area contributed by atoms with Crippen molar-refractivity contribution in [2.45, 2.75) is 10.1 Å². The zero-order chi connectivity index (χ0) is 10.7. The average molecular weight is 239 g/mol. The molecule has 0 fully saturated rings. The summed E-state index contributed by atoms with van der Waals surface area (Å²) < 4.78 is 0.862. The monoisotopic (exact) mass is 239 g/mol. The van der Waals surface area contributed by atoms with Crippen molar-refractivity contribution in [3.8, 4) is 5.75 Å². The molecule has 0 bridgehead atoms. The van der Waals surface area contributed by atoms with Gasteiger partial charge in [0.25, 0.3) is 0 Å². The number of nitrogens with two attached hydrogens (primary N) is 1. The van der Waals surface area contributed by atoms with Crippen LogP contribution in [-0.4, -0.2) is 15.3 Å². The first-order valence-corrected chi connectivity index (χ1v) is 6.04. The molecule has 6 heteroatoms. The maximum atomic E-state index is 9.10. The van der Waals surface area contributed by atoms with Gasteiger partial charge in [0.2, 0.25) is 5.13 Å². The molecular formula is C9H9N3OS2. The number of phenolic OH excluding ortho intramolecular Hbond substituents is 1. The summed E-state index contributed by atoms with van der Waals surface area (Å²) in [6, 6.07) is 7.11. The Hall–Kier alpha value is -1.27. The molecule has 0 aliphatic heterocycles. The van der Waals surface area contributed by atoms with E-state index in [-0.39, 0.29) is 5.75 Å². The van der Waals surface area contributed by atoms with Crippen LogP contribution >= 0.6 is 23.1 Å². The second kappa shape index (κ2) is 4.50. The van der Waals surface area contributed by atoms with Crippen LogP contribution in [0.1, 0.15) is 5.56 Å². The van der Waals surface area contributed by atoms with E-state index in [1.54, 1.807) is 23.9 Å². The average Bonchev–Trinajstić information content (AvgIpc) is 2.64. The van der Waals surface area contributed by atoms with Gasteiger partial charge in [-0.25, -0.2) is 0 Å². The van der Waals surface area contributed by atoms with E-state index in [0.29, 0.717) is 5.13 Å². The minimum atomic E-state index is 0.281. The minimum absolute atomic E-state index is 0.281. The van der Waals surface area contributed by atoms with E-state index >= 15 is 0 Å². The van der Waals surface area contributed by atoms with E-state index in [9.17, 15) is 0 Å². The van der Waals surface area contributed by atoms with Crippen LogP contribution in [0.4, 0.5) is 5.13 Å². The molecule has 1 heterocycles. The van der Waals surface area contributed by atoms with Crippen molar-refractivity contribution in [3.63, 3.8) is 0 Å². The summed E-state index contributed by atoms with van der Waals surface area (Å²) in [6.07, 6.45) is 0. The maximum Gasteiger partial charge on any atom is 0.203 e. The summed E-state index contributed by atoms with van der Waals surface area (Å²) in [5, 5.41) is 17.2. The van der Waals surface area contributed by atoms with Crippen molar-refractivity contribution in [2.24, 2.45) is 0 Å². The number of hydrogen-bond donors (Lipinski definition) is 2. The van der Waals surface area contributed by atoms with Crippen molar-refractivity contribution < 1.29 is 5.11 Å². The SMILES string of the molecule is Nc1nnc(SCc2ccc(O)cc2)s1. The van der Waals surface area contributed by atoms with E-state index in [1.165, 1.54) is 11.3 Å². The number of aromatic hydroxyl groups is 1. The molecule has 4 nitrogen and oxygen atoms in total. The van der Waals surface area contributed by atoms with Crippen LogP contribution in [0, 0.1) is 0 Å². The molecule has 0 spiro atoms. The summed E-state index contributed by atoms with van der Waals surface area (Å²) in [6.45, 7) is 0. The molecule has 15 heavy (non-hydrogen) atoms. The summed E-state index contributed by atoms with van der Waals surface area (Å²) in [5.41, 5.74) is 6.60. The zero-order valence-corrected chi connectivity index (χ0v) is 9.38. The third-order valence-electron chi connectivity index (χ3n) is 1.72. The van der Waals surface area contributed by atoms with Gasteiger partial charge < -0.3 is 10.8 Å². The van der Waals surface area contributed by atoms with Gasteiger partial charge in [-0.2, -0.15) is 0 Å². The fourth-order valence-corrected chi connectivity index (χ4v) is 2.61. The number of thioether (sulfide) groups is 1. The lowest BCUT2D eigenvalue weighted by Crippen LogP contribution is -1.80. The molecule has 0 saturated heterocycles. The number of benzene rings is 1. The summed E-state index contributed by atoms with van der Waals surface area (Å²) in [5.74, 6) is 1.08. The summed E-state index contributed by atoms with van der Waals surface area (Å²) in [4.78, 5) is 0. The number of hydrogen-bond acceptors (Lipinski definition) is 6. The zero-order valence-electron chi connectivity index (χ0n) is 7.75. The van der Waals surface area contributed by atoms with E-state index < -0.39 is 0 Å². The number of rotatable bonds is 3. The van der Waals surface area contributed by atoms with Crippen molar-refractivity contribution in [1.29, 1.82) is 0 Å². The van der Waals surface area contributed by atoms with Gasteiger partial charge in [-0.3, -0.25) is 0 Å². The van der Waals surface area contributed by atoms with Crippen LogP contribution < -0.4 is 5.73 Å². The normalized spacial score (nSPS) is 10.4. The van der Waals surface area contributed by atoms with E-state index in [1.807, 2.05) is 12.1 Å². The van der Waals surface area contributed by atoms with Crippen molar-refractivity contribution >= 4 is 28.2 Å². The standard InChI is InChI=1S/C9H9N3OS2/c10-8-11-12-9(15-8)14-5-6-1-3-7(13)4-2-6/h1-4,13H,5H2,(H2,10,11). The van der Waals surface area contributed by atoms with E-state index in [0.717, 1.165) is 15.7 Å². The predicted molar refractivity (Wildman–Crippen MR) is 62.0 cm³/mol. The van der Waals surface area contributed by atoms with Gasteiger partial charge in [-0.15, -0.1) is 10.2 Å². The molecule has 2 aromatic rings. The van der Waals surface area contributed by atoms with Gasteiger partial charge in [0.15, 0.2) is 4.34 Å². The van der Waals surface area contributed by atoms with Crippen molar-refractivity contribution in [1.82, 2.24) is 10.2 Å². The maximum absolute atomic E-state index is 9.10. The Balaban J connectivity index is 1.96. The lowest BCUT2D eigenvalue weighted by molar-refractivity contribution is 0.475. The Labute approximate surface area is 95.2 Å². The van der Waals surface area contributed by atoms with Gasteiger partial charge >= 0.3 is 0 Å². The Kier molecular flexibility index (Phi) is 3.08. The smallest absolute Gasteiger partial charge is 0.203 e. The number of phenols is 1. The Morgan fingerprint density at radius 3 is 2.60 bits per heavy atom. The molecule has 1 aromatic carbocycles. The lowest BCUT2D eigenvalue weighted by atomic mass is 10.2. The molecule has 0 aliphatic rings. The summed E-state index contributed by atoms with van der Waals surface area (Å²) in [7, 11) is 0. The molecule has 0 saturated carbocycles. The van der Waals surface area contributed by atoms with Gasteiger partial charge in [-0.05, 0) is 17.7 Å². The molecule has 0 unspecified atom stereocenters. The third kappa shape index (κ3) is 2.84. The Morgan fingerprint density at radius 2 is 2.00 bits per heavy atom. The van der Waals surface area contributed by atoms with Crippen LogP contribution in [0.3, 0.4) is 0 Å². The molecule has 0 amide bonds. The molecule has 3 N–H and O–H groups in total. The van der Waals surface area contributed by atoms with Gasteiger partial charge in [0.1, 0.15) is 5.75 Å². The predicted octanol–water partition coefficient (Wildman–Crippen LogP) is 2.12. The molecule has 0 atom stereocenters. The first-order chi connectivity index (χ1) is 7.24. The fraction of sp³-hybridized carbons (Fsp3) is 0.111. The Bertz CT molecular complexity index is 441. The molecule has 0 radical (unpaired) electrons. The number of aromatic nitrogens is 2. The lowest BCUT2D eigenvalue weighted by Gasteiger charge is -1.98. The van der Waals surface area contributed by atoms with Gasteiger partial charge in [0.05, 0.1) is 0 Å². The van der Waals surface area contributed by atoms with Crippen molar-refractivity contribution in [2.75, 3.05) is 5.73 Å². The molecular weight excluding hydrogens is 230 g/mol. The quantitative estimate of drug-likeness (QED) is 0.803. The largest absolute Gasteiger partial charge is 0.508 e. The highest BCUT2D eigenvalue weighted by Crippen LogP contribution is 2.27. The second-order valence-electron chi connectivity index (χ2n) is 2.86. The number of anilines is 1. The molecule has 2 rings (SSSR count). The fourth-order valence-electron chi connectivity index (χ4n) is 1.02. The van der Waals surface area contributed by atoms with Crippen LogP contribution in [-0.2, 0) is 5.75 Å². The molecule has 1 aromatic heterocycles. The van der Waals surface area contributed by atoms with E-state index in [4.69, 9.17) is 10.8 Å². The van der Waals surface area contributed by atoms with Crippen molar-refractivity contribution in [3.05, 3.63) is 29.8 Å². The van der Waals surface area contributed by atoms with Crippen LogP contribution in [0.5, 0.6) is 5.75 Å². The van der Waals surface area contributed by atoms with Crippen LogP contribution in [0.25, 0.3) is 0 Å². The summed E-state index contributed by atoms with van der Waals surface area (Å²) >= 11 is 2.96. The highest BCUT2D eigenvalue weighted by molar-refractivity contribution is 8.00. The third-order valence-corrected chi connectivity index (χ3v) is 3.68. The first-order valence-electron chi connectivity index (χ1n) is 4.24. The van der Waals surface area contributed by atoms with Gasteiger partial charge in [0, 0.05) is 5.75 Å². The highest BCUT2D eigenvalue weighted by Gasteiger charge is 2.02. The van der Waals surface area contributed by atoms with Crippen LogP contribution in [0.15, 0.2) is 28.6 Å². The first kappa shape index (κ1) is 10.3. The second-order valence-corrected chi connectivity index (χ2v) is 5.09. The number of nitrogens with zero attached hydrogens (tertiary/aromatic N) is 2. The van der Waals surface area contributed by atoms with E-state index in [2.05, 4.69) is 10.2 Å². The minimum Gasteiger partial charge on any atom is -0.508 e. The Morgan fingerprint density at radius 1 is 1.27 bits per heavy atom. The number of nitrogen functional groups attached to an aromatic ring is 1. The topological polar surface area (TPSA) is 72.0 Å². The van der Waals surface area contributed by atoms with Gasteiger partial charge in [-0.1, -0.05) is 35.2 Å². The molecule has 0 aliphatic carbocycles. The highest BCUT2D eigenvalue weighted by atomic mass is 32.2. The molecule has 78 valence electrons. The van der Waals surface area contributed by atoms with Crippen LogP contribution in [0.2, 0.25) is 0 Å².